The summed E-state index contributed by atoms with van der Waals surface area (Å²) in [6.45, 7) is 3.28. The molecule has 2 heteroatoms. The molecule has 1 heterocycles. The summed E-state index contributed by atoms with van der Waals surface area (Å²) in [5, 5.41) is 0. The van der Waals surface area contributed by atoms with Crippen LogP contribution in [0.2, 0.25) is 0 Å². The largest absolute Gasteiger partial charge is 0.378 e. The van der Waals surface area contributed by atoms with Crippen molar-refractivity contribution in [3.8, 4) is 0 Å². The van der Waals surface area contributed by atoms with Crippen LogP contribution in [0.1, 0.15) is 58.3 Å². The van der Waals surface area contributed by atoms with Crippen molar-refractivity contribution in [2.24, 2.45) is 17.6 Å². The zero-order valence-electron chi connectivity index (χ0n) is 10.7. The van der Waals surface area contributed by atoms with E-state index in [1.54, 1.807) is 0 Å². The van der Waals surface area contributed by atoms with E-state index in [1.165, 1.54) is 44.9 Å². The second-order valence-electron chi connectivity index (χ2n) is 5.74. The molecule has 4 unspecified atom stereocenters. The molecule has 1 aliphatic carbocycles. The third kappa shape index (κ3) is 3.21. The lowest BCUT2D eigenvalue weighted by Gasteiger charge is -2.33. The zero-order chi connectivity index (χ0) is 11.4. The molecule has 2 nitrogen and oxygen atoms in total. The van der Waals surface area contributed by atoms with E-state index in [0.717, 1.165) is 24.9 Å². The van der Waals surface area contributed by atoms with Gasteiger partial charge in [0.05, 0.1) is 6.10 Å². The van der Waals surface area contributed by atoms with Gasteiger partial charge in [-0.15, -0.1) is 0 Å². The lowest BCUT2D eigenvalue weighted by molar-refractivity contribution is 0.0859. The monoisotopic (exact) mass is 225 g/mol. The van der Waals surface area contributed by atoms with Crippen LogP contribution in [0.4, 0.5) is 0 Å². The van der Waals surface area contributed by atoms with Crippen LogP contribution >= 0.6 is 0 Å². The van der Waals surface area contributed by atoms with Crippen molar-refractivity contribution >= 4 is 0 Å². The molecule has 1 aliphatic heterocycles. The minimum Gasteiger partial charge on any atom is -0.378 e. The maximum absolute atomic E-state index is 6.37. The van der Waals surface area contributed by atoms with E-state index in [4.69, 9.17) is 10.5 Å². The van der Waals surface area contributed by atoms with Crippen molar-refractivity contribution in [3.05, 3.63) is 0 Å². The SMILES string of the molecule is CCC1CCCC(C(N)CC2CCCO2)C1. The van der Waals surface area contributed by atoms with E-state index in [0.29, 0.717) is 12.1 Å². The molecular formula is C14H27NO. The highest BCUT2D eigenvalue weighted by Gasteiger charge is 2.28. The van der Waals surface area contributed by atoms with Crippen molar-refractivity contribution in [3.63, 3.8) is 0 Å². The minimum atomic E-state index is 0.387. The Hall–Kier alpha value is -0.0800. The van der Waals surface area contributed by atoms with E-state index >= 15 is 0 Å². The Morgan fingerprint density at radius 2 is 2.12 bits per heavy atom. The van der Waals surface area contributed by atoms with Crippen molar-refractivity contribution in [2.45, 2.75) is 70.4 Å². The third-order valence-electron chi connectivity index (χ3n) is 4.57. The molecule has 4 atom stereocenters. The van der Waals surface area contributed by atoms with Crippen molar-refractivity contribution in [2.75, 3.05) is 6.61 Å². The van der Waals surface area contributed by atoms with Crippen molar-refractivity contribution < 1.29 is 4.74 Å². The van der Waals surface area contributed by atoms with E-state index in [2.05, 4.69) is 6.92 Å². The summed E-state index contributed by atoms with van der Waals surface area (Å²) >= 11 is 0. The molecule has 1 saturated heterocycles. The first-order chi connectivity index (χ1) is 7.79. The normalized spacial score (nSPS) is 37.5. The summed E-state index contributed by atoms with van der Waals surface area (Å²) in [7, 11) is 0. The van der Waals surface area contributed by atoms with Gasteiger partial charge in [0.2, 0.25) is 0 Å². The summed E-state index contributed by atoms with van der Waals surface area (Å²) in [5.41, 5.74) is 6.37. The summed E-state index contributed by atoms with van der Waals surface area (Å²) in [4.78, 5) is 0. The molecule has 0 aromatic carbocycles. The van der Waals surface area contributed by atoms with Gasteiger partial charge in [-0.25, -0.2) is 0 Å². The number of hydrogen-bond donors (Lipinski definition) is 1. The van der Waals surface area contributed by atoms with Crippen LogP contribution < -0.4 is 5.73 Å². The molecule has 2 aliphatic rings. The van der Waals surface area contributed by atoms with Crippen LogP contribution in [-0.4, -0.2) is 18.8 Å². The first kappa shape index (κ1) is 12.4. The smallest absolute Gasteiger partial charge is 0.0590 e. The molecule has 2 rings (SSSR count). The van der Waals surface area contributed by atoms with E-state index in [9.17, 15) is 0 Å². The standard InChI is InChI=1S/C14H27NO/c1-2-11-5-3-6-12(9-11)14(15)10-13-7-4-8-16-13/h11-14H,2-10,15H2,1H3. The first-order valence-electron chi connectivity index (χ1n) is 7.16. The maximum atomic E-state index is 6.37. The van der Waals surface area contributed by atoms with Crippen molar-refractivity contribution in [1.29, 1.82) is 0 Å². The molecule has 0 aromatic heterocycles. The van der Waals surface area contributed by atoms with Gasteiger partial charge in [0.1, 0.15) is 0 Å². The Morgan fingerprint density at radius 3 is 2.81 bits per heavy atom. The average molecular weight is 225 g/mol. The Bertz CT molecular complexity index is 201. The molecule has 2 fully saturated rings. The Balaban J connectivity index is 1.76. The molecule has 0 amide bonds. The van der Waals surface area contributed by atoms with Gasteiger partial charge in [-0.3, -0.25) is 0 Å². The van der Waals surface area contributed by atoms with Gasteiger partial charge >= 0.3 is 0 Å². The predicted octanol–water partition coefficient (Wildman–Crippen LogP) is 3.10. The average Bonchev–Trinajstić information content (AvgIpc) is 2.82. The Morgan fingerprint density at radius 1 is 1.25 bits per heavy atom. The van der Waals surface area contributed by atoms with Gasteiger partial charge in [-0.2, -0.15) is 0 Å². The fraction of sp³-hybridized carbons (Fsp3) is 1.00. The van der Waals surface area contributed by atoms with Gasteiger partial charge in [0, 0.05) is 12.6 Å². The molecule has 2 N–H and O–H groups in total. The van der Waals surface area contributed by atoms with Gasteiger partial charge in [-0.05, 0) is 43.9 Å². The van der Waals surface area contributed by atoms with Crippen molar-refractivity contribution in [1.82, 2.24) is 0 Å². The molecule has 0 bridgehead atoms. The molecular weight excluding hydrogens is 198 g/mol. The van der Waals surface area contributed by atoms with Crippen LogP contribution in [0.3, 0.4) is 0 Å². The van der Waals surface area contributed by atoms with Gasteiger partial charge < -0.3 is 10.5 Å². The number of hydrogen-bond acceptors (Lipinski definition) is 2. The number of nitrogens with two attached hydrogens (primary N) is 1. The molecule has 0 aromatic rings. The van der Waals surface area contributed by atoms with E-state index in [-0.39, 0.29) is 0 Å². The summed E-state index contributed by atoms with van der Waals surface area (Å²) in [6, 6.07) is 0.387. The summed E-state index contributed by atoms with van der Waals surface area (Å²) in [5.74, 6) is 1.71. The second kappa shape index (κ2) is 6.02. The molecule has 16 heavy (non-hydrogen) atoms. The van der Waals surface area contributed by atoms with Gasteiger partial charge in [0.15, 0.2) is 0 Å². The molecule has 94 valence electrons. The highest BCUT2D eigenvalue weighted by Crippen LogP contribution is 2.34. The summed E-state index contributed by atoms with van der Waals surface area (Å²) in [6.07, 6.45) is 10.9. The molecule has 0 radical (unpaired) electrons. The minimum absolute atomic E-state index is 0.387. The number of rotatable bonds is 4. The fourth-order valence-corrected chi connectivity index (χ4v) is 3.42. The highest BCUT2D eigenvalue weighted by atomic mass is 16.5. The topological polar surface area (TPSA) is 35.2 Å². The fourth-order valence-electron chi connectivity index (χ4n) is 3.42. The van der Waals surface area contributed by atoms with Gasteiger partial charge in [-0.1, -0.05) is 26.2 Å². The second-order valence-corrected chi connectivity index (χ2v) is 5.74. The quantitative estimate of drug-likeness (QED) is 0.798. The zero-order valence-corrected chi connectivity index (χ0v) is 10.7. The lowest BCUT2D eigenvalue weighted by Crippen LogP contribution is -2.36. The van der Waals surface area contributed by atoms with Crippen LogP contribution in [0.25, 0.3) is 0 Å². The predicted molar refractivity (Wildman–Crippen MR) is 67.3 cm³/mol. The molecule has 0 spiro atoms. The van der Waals surface area contributed by atoms with Crippen LogP contribution in [0.5, 0.6) is 0 Å². The number of ether oxygens (including phenoxy) is 1. The van der Waals surface area contributed by atoms with Crippen LogP contribution in [0, 0.1) is 11.8 Å². The molecule has 1 saturated carbocycles. The Kier molecular flexibility index (Phi) is 4.66. The lowest BCUT2D eigenvalue weighted by atomic mass is 9.76. The first-order valence-corrected chi connectivity index (χ1v) is 7.16. The highest BCUT2D eigenvalue weighted by molar-refractivity contribution is 4.83. The van der Waals surface area contributed by atoms with E-state index < -0.39 is 0 Å². The van der Waals surface area contributed by atoms with E-state index in [1.807, 2.05) is 0 Å². The third-order valence-corrected chi connectivity index (χ3v) is 4.57. The summed E-state index contributed by atoms with van der Waals surface area (Å²) < 4.78 is 5.69. The van der Waals surface area contributed by atoms with Gasteiger partial charge in [0.25, 0.3) is 0 Å². The van der Waals surface area contributed by atoms with Crippen LogP contribution in [0.15, 0.2) is 0 Å². The van der Waals surface area contributed by atoms with Crippen LogP contribution in [-0.2, 0) is 4.74 Å². The Labute approximate surface area is 99.9 Å². The maximum Gasteiger partial charge on any atom is 0.0590 e.